The normalized spacial score (nSPS) is 10.2. The molecule has 0 unspecified atom stereocenters. The number of nitro groups is 1. The number of ether oxygens (including phenoxy) is 1. The maximum atomic E-state index is 12.2. The number of anilines is 3. The Morgan fingerprint density at radius 2 is 1.55 bits per heavy atom. The maximum absolute atomic E-state index is 12.2. The van der Waals surface area contributed by atoms with Gasteiger partial charge in [0.05, 0.1) is 4.92 Å². The summed E-state index contributed by atoms with van der Waals surface area (Å²) in [4.78, 5) is 35.0. The summed E-state index contributed by atoms with van der Waals surface area (Å²) in [5.74, 6) is 0.468. The molecule has 0 saturated carbocycles. The summed E-state index contributed by atoms with van der Waals surface area (Å²) in [5.41, 5.74) is 5.04. The highest BCUT2D eigenvalue weighted by atomic mass is 16.6. The fourth-order valence-corrected chi connectivity index (χ4v) is 2.78. The van der Waals surface area contributed by atoms with E-state index in [0.29, 0.717) is 17.2 Å². The predicted octanol–water partition coefficient (Wildman–Crippen LogP) is 4.07. The van der Waals surface area contributed by atoms with E-state index < -0.39 is 16.5 Å². The molecule has 0 radical (unpaired) electrons. The summed E-state index contributed by atoms with van der Waals surface area (Å²) >= 11 is 0. The number of carbonyl (C=O) groups excluding carboxylic acids is 1. The van der Waals surface area contributed by atoms with Gasteiger partial charge < -0.3 is 10.1 Å². The first-order valence-corrected chi connectivity index (χ1v) is 9.67. The van der Waals surface area contributed by atoms with Crippen LogP contribution in [0.4, 0.5) is 23.0 Å². The fourth-order valence-electron chi connectivity index (χ4n) is 2.78. The number of amides is 1. The zero-order chi connectivity index (χ0) is 23.0. The lowest BCUT2D eigenvalue weighted by atomic mass is 10.3. The van der Waals surface area contributed by atoms with Crippen molar-refractivity contribution in [1.82, 2.24) is 20.4 Å². The van der Waals surface area contributed by atoms with Gasteiger partial charge in [0, 0.05) is 11.9 Å². The van der Waals surface area contributed by atoms with Gasteiger partial charge in [0.1, 0.15) is 23.5 Å². The average molecular weight is 443 g/mol. The molecule has 11 nitrogen and oxygen atoms in total. The van der Waals surface area contributed by atoms with Crippen molar-refractivity contribution >= 4 is 28.9 Å². The van der Waals surface area contributed by atoms with Crippen LogP contribution in [0.5, 0.6) is 11.5 Å². The first kappa shape index (κ1) is 21.2. The van der Waals surface area contributed by atoms with Crippen molar-refractivity contribution in [3.05, 3.63) is 101 Å². The van der Waals surface area contributed by atoms with Gasteiger partial charge in [-0.1, -0.05) is 24.3 Å². The molecule has 0 aliphatic carbocycles. The molecule has 1 amide bonds. The monoisotopic (exact) mass is 443 g/mol. The van der Waals surface area contributed by atoms with Crippen LogP contribution in [0.15, 0.2) is 85.3 Å². The molecule has 11 heteroatoms. The van der Waals surface area contributed by atoms with Crippen molar-refractivity contribution in [3.8, 4) is 11.5 Å². The molecule has 0 spiro atoms. The van der Waals surface area contributed by atoms with Gasteiger partial charge in [0.2, 0.25) is 11.6 Å². The van der Waals surface area contributed by atoms with E-state index in [9.17, 15) is 14.9 Å². The second kappa shape index (κ2) is 9.83. The largest absolute Gasteiger partial charge is 0.457 e. The van der Waals surface area contributed by atoms with E-state index in [1.807, 2.05) is 30.3 Å². The van der Waals surface area contributed by atoms with E-state index in [1.54, 1.807) is 36.4 Å². The molecule has 0 atom stereocenters. The number of rotatable bonds is 8. The third-order valence-corrected chi connectivity index (χ3v) is 4.29. The van der Waals surface area contributed by atoms with Crippen LogP contribution in [0.3, 0.4) is 0 Å². The topological polar surface area (TPSA) is 144 Å². The van der Waals surface area contributed by atoms with Crippen LogP contribution in [-0.4, -0.2) is 25.8 Å². The van der Waals surface area contributed by atoms with Crippen molar-refractivity contribution in [1.29, 1.82) is 0 Å². The van der Waals surface area contributed by atoms with Crippen LogP contribution in [-0.2, 0) is 0 Å². The van der Waals surface area contributed by atoms with E-state index in [1.165, 1.54) is 12.3 Å². The molecule has 4 aromatic rings. The average Bonchev–Trinajstić information content (AvgIpc) is 2.85. The summed E-state index contributed by atoms with van der Waals surface area (Å²) < 4.78 is 5.74. The van der Waals surface area contributed by atoms with Gasteiger partial charge in [0.15, 0.2) is 0 Å². The molecule has 2 aromatic heterocycles. The van der Waals surface area contributed by atoms with Crippen molar-refractivity contribution < 1.29 is 14.5 Å². The molecule has 2 heterocycles. The van der Waals surface area contributed by atoms with Crippen LogP contribution >= 0.6 is 0 Å². The van der Waals surface area contributed by atoms with Gasteiger partial charge in [-0.2, -0.15) is 0 Å². The summed E-state index contributed by atoms with van der Waals surface area (Å²) in [6, 6.07) is 20.9. The third-order valence-electron chi connectivity index (χ3n) is 4.29. The highest BCUT2D eigenvalue weighted by molar-refractivity contribution is 5.93. The molecule has 33 heavy (non-hydrogen) atoms. The Kier molecular flexibility index (Phi) is 6.31. The van der Waals surface area contributed by atoms with Gasteiger partial charge in [-0.15, -0.1) is 0 Å². The van der Waals surface area contributed by atoms with E-state index in [0.717, 1.165) is 6.33 Å². The Hall–Kier alpha value is -5.06. The number of para-hydroxylation sites is 1. The number of nitrogens with zero attached hydrogens (tertiary/aromatic N) is 4. The quantitative estimate of drug-likeness (QED) is 0.271. The first-order valence-electron chi connectivity index (χ1n) is 9.67. The van der Waals surface area contributed by atoms with E-state index in [4.69, 9.17) is 4.74 Å². The van der Waals surface area contributed by atoms with Crippen LogP contribution in [0.1, 0.15) is 10.5 Å². The summed E-state index contributed by atoms with van der Waals surface area (Å²) in [6.07, 6.45) is 2.59. The fraction of sp³-hybridized carbons (Fsp3) is 0. The van der Waals surface area contributed by atoms with E-state index in [-0.39, 0.29) is 17.3 Å². The predicted molar refractivity (Wildman–Crippen MR) is 120 cm³/mol. The number of carbonyl (C=O) groups is 1. The minimum absolute atomic E-state index is 0.0543. The summed E-state index contributed by atoms with van der Waals surface area (Å²) in [7, 11) is 0. The second-order valence-corrected chi connectivity index (χ2v) is 6.54. The highest BCUT2D eigenvalue weighted by Crippen LogP contribution is 2.31. The van der Waals surface area contributed by atoms with Crippen molar-refractivity contribution in [2.45, 2.75) is 0 Å². The molecule has 3 N–H and O–H groups in total. The Morgan fingerprint density at radius 3 is 2.24 bits per heavy atom. The van der Waals surface area contributed by atoms with E-state index >= 15 is 0 Å². The number of benzene rings is 2. The number of hydrogen-bond acceptors (Lipinski definition) is 9. The zero-order valence-electron chi connectivity index (χ0n) is 17.0. The standard InChI is InChI=1S/C22H17N7O4/c30-22(18-8-4-5-13-23-18)28-27-21-19(29(31)32)20(24-14-25-21)26-15-9-11-17(12-10-15)33-16-6-2-1-3-7-16/h1-14H,(H,28,30)(H2,24,25,26,27). The first-order chi connectivity index (χ1) is 16.1. The van der Waals surface area contributed by atoms with Crippen molar-refractivity contribution in [3.63, 3.8) is 0 Å². The van der Waals surface area contributed by atoms with E-state index in [2.05, 4.69) is 31.1 Å². The molecule has 164 valence electrons. The van der Waals surface area contributed by atoms with Crippen molar-refractivity contribution in [2.24, 2.45) is 0 Å². The zero-order valence-corrected chi connectivity index (χ0v) is 17.0. The van der Waals surface area contributed by atoms with Crippen LogP contribution in [0.2, 0.25) is 0 Å². The molecular weight excluding hydrogens is 426 g/mol. The van der Waals surface area contributed by atoms with Crippen molar-refractivity contribution in [2.75, 3.05) is 10.7 Å². The molecular formula is C22H17N7O4. The summed E-state index contributed by atoms with van der Waals surface area (Å²) in [6.45, 7) is 0. The van der Waals surface area contributed by atoms with Crippen LogP contribution in [0, 0.1) is 10.1 Å². The third kappa shape index (κ3) is 5.35. The van der Waals surface area contributed by atoms with Crippen LogP contribution in [0.25, 0.3) is 0 Å². The van der Waals surface area contributed by atoms with Gasteiger partial charge in [-0.05, 0) is 48.5 Å². The lowest BCUT2D eigenvalue weighted by molar-refractivity contribution is -0.383. The van der Waals surface area contributed by atoms with Crippen LogP contribution < -0.4 is 20.9 Å². The smallest absolute Gasteiger partial charge is 0.355 e. The van der Waals surface area contributed by atoms with Gasteiger partial charge in [-0.3, -0.25) is 30.7 Å². The number of pyridine rings is 1. The Bertz CT molecular complexity index is 1250. The number of hydrogen-bond donors (Lipinski definition) is 3. The molecule has 0 aliphatic rings. The number of nitrogens with one attached hydrogen (secondary N) is 3. The number of aromatic nitrogens is 3. The molecule has 2 aromatic carbocycles. The van der Waals surface area contributed by atoms with Gasteiger partial charge in [-0.25, -0.2) is 9.97 Å². The van der Waals surface area contributed by atoms with Gasteiger partial charge >= 0.3 is 5.69 Å². The maximum Gasteiger partial charge on any atom is 0.355 e. The Morgan fingerprint density at radius 1 is 0.848 bits per heavy atom. The highest BCUT2D eigenvalue weighted by Gasteiger charge is 2.24. The SMILES string of the molecule is O=C(NNc1ncnc(Nc2ccc(Oc3ccccc3)cc2)c1[N+](=O)[O-])c1ccccn1. The lowest BCUT2D eigenvalue weighted by Crippen LogP contribution is -2.31. The molecule has 0 aliphatic heterocycles. The summed E-state index contributed by atoms with van der Waals surface area (Å²) in [5, 5.41) is 14.6. The Labute approximate surface area is 187 Å². The Balaban J connectivity index is 1.48. The number of hydrazine groups is 1. The minimum atomic E-state index is -0.648. The lowest BCUT2D eigenvalue weighted by Gasteiger charge is -2.11. The molecule has 0 fully saturated rings. The second-order valence-electron chi connectivity index (χ2n) is 6.54. The van der Waals surface area contributed by atoms with Gasteiger partial charge in [0.25, 0.3) is 5.91 Å². The minimum Gasteiger partial charge on any atom is -0.457 e. The molecule has 4 rings (SSSR count). The molecule has 0 bridgehead atoms. The molecule has 0 saturated heterocycles.